The number of halogens is 2. The van der Waals surface area contributed by atoms with E-state index in [2.05, 4.69) is 21.2 Å². The van der Waals surface area contributed by atoms with Gasteiger partial charge >= 0.3 is 0 Å². The third-order valence-electron chi connectivity index (χ3n) is 3.49. The Morgan fingerprint density at radius 3 is 2.83 bits per heavy atom. The molecular formula is C14H17BrClNO. The van der Waals surface area contributed by atoms with Crippen molar-refractivity contribution in [1.82, 2.24) is 5.32 Å². The van der Waals surface area contributed by atoms with Gasteiger partial charge in [0.25, 0.3) is 5.91 Å². The van der Waals surface area contributed by atoms with Crippen LogP contribution in [0.1, 0.15) is 42.5 Å². The average molecular weight is 331 g/mol. The van der Waals surface area contributed by atoms with Crippen molar-refractivity contribution in [2.45, 2.75) is 32.1 Å². The van der Waals surface area contributed by atoms with Crippen LogP contribution in [0.3, 0.4) is 0 Å². The molecule has 1 amide bonds. The molecule has 0 spiro atoms. The van der Waals surface area contributed by atoms with Crippen molar-refractivity contribution in [2.75, 3.05) is 6.54 Å². The van der Waals surface area contributed by atoms with Crippen molar-refractivity contribution in [1.29, 1.82) is 0 Å². The first-order valence-corrected chi connectivity index (χ1v) is 7.57. The van der Waals surface area contributed by atoms with E-state index in [1.165, 1.54) is 25.7 Å². The molecule has 0 aromatic heterocycles. The highest BCUT2D eigenvalue weighted by Gasteiger charge is 2.15. The minimum atomic E-state index is -0.0840. The largest absolute Gasteiger partial charge is 0.352 e. The van der Waals surface area contributed by atoms with Gasteiger partial charge in [0, 0.05) is 11.0 Å². The van der Waals surface area contributed by atoms with Crippen LogP contribution < -0.4 is 5.32 Å². The van der Waals surface area contributed by atoms with Gasteiger partial charge < -0.3 is 5.32 Å². The Morgan fingerprint density at radius 2 is 2.11 bits per heavy atom. The van der Waals surface area contributed by atoms with E-state index in [1.807, 2.05) is 6.07 Å². The molecular weight excluding hydrogens is 314 g/mol. The number of hydrogen-bond donors (Lipinski definition) is 1. The number of hydrogen-bond acceptors (Lipinski definition) is 1. The summed E-state index contributed by atoms with van der Waals surface area (Å²) in [5.41, 5.74) is 0.539. The summed E-state index contributed by atoms with van der Waals surface area (Å²) >= 11 is 9.36. The normalized spacial score (nSPS) is 15.9. The Bertz CT molecular complexity index is 430. The zero-order valence-corrected chi connectivity index (χ0v) is 12.6. The molecule has 0 heterocycles. The molecule has 2 rings (SSSR count). The Balaban J connectivity index is 1.85. The second-order valence-corrected chi connectivity index (χ2v) is 6.14. The molecule has 0 saturated heterocycles. The van der Waals surface area contributed by atoms with Gasteiger partial charge in [-0.15, -0.1) is 0 Å². The number of benzene rings is 1. The minimum absolute atomic E-state index is 0.0840. The van der Waals surface area contributed by atoms with E-state index in [-0.39, 0.29) is 5.91 Å². The summed E-state index contributed by atoms with van der Waals surface area (Å²) in [6.45, 7) is 0.742. The summed E-state index contributed by atoms with van der Waals surface area (Å²) in [7, 11) is 0. The van der Waals surface area contributed by atoms with Crippen LogP contribution >= 0.6 is 27.5 Å². The monoisotopic (exact) mass is 329 g/mol. The summed E-state index contributed by atoms with van der Waals surface area (Å²) in [5.74, 6) is 0.711. The van der Waals surface area contributed by atoms with Crippen LogP contribution in [-0.2, 0) is 0 Å². The highest BCUT2D eigenvalue weighted by atomic mass is 79.9. The Labute approximate surface area is 121 Å². The van der Waals surface area contributed by atoms with E-state index in [9.17, 15) is 4.79 Å². The van der Waals surface area contributed by atoms with E-state index >= 15 is 0 Å². The Kier molecular flexibility index (Phi) is 5.07. The lowest BCUT2D eigenvalue weighted by Crippen LogP contribution is -2.25. The molecule has 0 unspecified atom stereocenters. The van der Waals surface area contributed by atoms with Crippen LogP contribution in [0, 0.1) is 5.92 Å². The van der Waals surface area contributed by atoms with Crippen LogP contribution in [0.25, 0.3) is 0 Å². The van der Waals surface area contributed by atoms with Crippen molar-refractivity contribution in [2.24, 2.45) is 5.92 Å². The van der Waals surface area contributed by atoms with Crippen molar-refractivity contribution in [3.05, 3.63) is 33.3 Å². The van der Waals surface area contributed by atoms with E-state index in [1.54, 1.807) is 12.1 Å². The smallest absolute Gasteiger partial charge is 0.252 e. The summed E-state index contributed by atoms with van der Waals surface area (Å²) < 4.78 is 0.868. The number of carbonyl (C=O) groups excluding carboxylic acids is 1. The molecule has 0 aliphatic heterocycles. The lowest BCUT2D eigenvalue weighted by Gasteiger charge is -2.10. The molecule has 1 saturated carbocycles. The highest BCUT2D eigenvalue weighted by Crippen LogP contribution is 2.27. The van der Waals surface area contributed by atoms with Crippen molar-refractivity contribution in [3.63, 3.8) is 0 Å². The fraction of sp³-hybridized carbons (Fsp3) is 0.500. The topological polar surface area (TPSA) is 29.1 Å². The number of carbonyl (C=O) groups is 1. The lowest BCUT2D eigenvalue weighted by molar-refractivity contribution is 0.0951. The maximum absolute atomic E-state index is 12.0. The molecule has 1 aromatic rings. The molecule has 4 heteroatoms. The van der Waals surface area contributed by atoms with Crippen molar-refractivity contribution in [3.8, 4) is 0 Å². The summed E-state index contributed by atoms with van der Waals surface area (Å²) in [5, 5.41) is 3.45. The van der Waals surface area contributed by atoms with Gasteiger partial charge in [-0.3, -0.25) is 4.79 Å². The van der Waals surface area contributed by atoms with Crippen molar-refractivity contribution < 1.29 is 4.79 Å². The molecule has 1 aliphatic rings. The lowest BCUT2D eigenvalue weighted by atomic mass is 10.0. The third kappa shape index (κ3) is 3.72. The van der Waals surface area contributed by atoms with Gasteiger partial charge in [0.1, 0.15) is 0 Å². The van der Waals surface area contributed by atoms with Crippen LogP contribution in [0.2, 0.25) is 5.02 Å². The molecule has 1 aromatic carbocycles. The Morgan fingerprint density at radius 1 is 1.39 bits per heavy atom. The van der Waals surface area contributed by atoms with E-state index in [0.29, 0.717) is 10.6 Å². The van der Waals surface area contributed by atoms with Crippen LogP contribution in [-0.4, -0.2) is 12.5 Å². The van der Waals surface area contributed by atoms with Crippen LogP contribution in [0.5, 0.6) is 0 Å². The third-order valence-corrected chi connectivity index (χ3v) is 4.31. The van der Waals surface area contributed by atoms with Gasteiger partial charge in [0.15, 0.2) is 0 Å². The summed E-state index contributed by atoms with van der Waals surface area (Å²) in [4.78, 5) is 12.0. The zero-order chi connectivity index (χ0) is 13.0. The molecule has 18 heavy (non-hydrogen) atoms. The van der Waals surface area contributed by atoms with Gasteiger partial charge in [-0.25, -0.2) is 0 Å². The minimum Gasteiger partial charge on any atom is -0.352 e. The fourth-order valence-electron chi connectivity index (χ4n) is 2.46. The number of amides is 1. The number of rotatable bonds is 4. The fourth-order valence-corrected chi connectivity index (χ4v) is 3.02. The predicted octanol–water partition coefficient (Wildman–Crippen LogP) is 4.41. The van der Waals surface area contributed by atoms with Gasteiger partial charge in [-0.2, -0.15) is 0 Å². The second kappa shape index (κ2) is 6.58. The van der Waals surface area contributed by atoms with Crippen LogP contribution in [0.15, 0.2) is 22.7 Å². The maximum Gasteiger partial charge on any atom is 0.252 e. The van der Waals surface area contributed by atoms with E-state index in [0.717, 1.165) is 23.4 Å². The van der Waals surface area contributed by atoms with Gasteiger partial charge in [0.05, 0.1) is 10.6 Å². The predicted molar refractivity (Wildman–Crippen MR) is 78.1 cm³/mol. The van der Waals surface area contributed by atoms with Crippen molar-refractivity contribution >= 4 is 33.4 Å². The molecule has 98 valence electrons. The molecule has 2 nitrogen and oxygen atoms in total. The maximum atomic E-state index is 12.0. The highest BCUT2D eigenvalue weighted by molar-refractivity contribution is 9.10. The number of nitrogens with one attached hydrogen (secondary N) is 1. The standard InChI is InChI=1S/C14H17BrClNO/c15-11-5-6-13(16)12(9-11)14(18)17-8-7-10-3-1-2-4-10/h5-6,9-10H,1-4,7-8H2,(H,17,18). The second-order valence-electron chi connectivity index (χ2n) is 4.82. The van der Waals surface area contributed by atoms with E-state index in [4.69, 9.17) is 11.6 Å². The quantitative estimate of drug-likeness (QED) is 0.870. The molecule has 0 atom stereocenters. The molecule has 0 radical (unpaired) electrons. The van der Waals surface area contributed by atoms with Gasteiger partial charge in [-0.05, 0) is 30.5 Å². The zero-order valence-electron chi connectivity index (χ0n) is 10.2. The SMILES string of the molecule is O=C(NCCC1CCCC1)c1cc(Br)ccc1Cl. The van der Waals surface area contributed by atoms with Gasteiger partial charge in [0.2, 0.25) is 0 Å². The van der Waals surface area contributed by atoms with E-state index < -0.39 is 0 Å². The first-order chi connectivity index (χ1) is 8.66. The average Bonchev–Trinajstić information content (AvgIpc) is 2.85. The summed E-state index contributed by atoms with van der Waals surface area (Å²) in [6.07, 6.45) is 6.39. The van der Waals surface area contributed by atoms with Crippen LogP contribution in [0.4, 0.5) is 0 Å². The molecule has 1 fully saturated rings. The Hall–Kier alpha value is -0.540. The molecule has 0 bridgehead atoms. The molecule has 1 N–H and O–H groups in total. The first kappa shape index (κ1) is 13.9. The molecule has 1 aliphatic carbocycles. The van der Waals surface area contributed by atoms with Gasteiger partial charge in [-0.1, -0.05) is 53.2 Å². The first-order valence-electron chi connectivity index (χ1n) is 6.40. The summed E-state index contributed by atoms with van der Waals surface area (Å²) in [6, 6.07) is 5.32.